The zero-order chi connectivity index (χ0) is 6.69. The molecule has 56 valence electrons. The van der Waals surface area contributed by atoms with E-state index < -0.39 is 0 Å². The lowest BCUT2D eigenvalue weighted by atomic mass is 10.4. The summed E-state index contributed by atoms with van der Waals surface area (Å²) >= 11 is 0. The van der Waals surface area contributed by atoms with Crippen molar-refractivity contribution in [1.29, 1.82) is 0 Å². The van der Waals surface area contributed by atoms with Gasteiger partial charge in [0, 0.05) is 0 Å². The smallest absolute Gasteiger partial charge is 0.190 e. The molecule has 1 rings (SSSR count). The first-order valence-corrected chi connectivity index (χ1v) is 3.13. The van der Waals surface area contributed by atoms with Gasteiger partial charge in [0.1, 0.15) is 12.7 Å². The van der Waals surface area contributed by atoms with Crippen LogP contribution in [0, 0.1) is 0 Å². The van der Waals surface area contributed by atoms with E-state index in [0.29, 0.717) is 0 Å². The van der Waals surface area contributed by atoms with Crippen LogP contribution in [0.25, 0.3) is 0 Å². The Hall–Kier alpha value is -0.190. The summed E-state index contributed by atoms with van der Waals surface area (Å²) in [7, 11) is 2.00. The van der Waals surface area contributed by atoms with Gasteiger partial charge in [-0.15, -0.1) is 0 Å². The standard InChI is InChI=1S/C7H11N2.HI/c1-3-7-6-9(2)5-4-8-7;/h4-6H,3H2,1-2H3;1H/q+1;/p-1. The number of hydrogen-bond donors (Lipinski definition) is 0. The maximum atomic E-state index is 4.14. The monoisotopic (exact) mass is 250 g/mol. The Balaban J connectivity index is 0.000000810. The van der Waals surface area contributed by atoms with Gasteiger partial charge in [0.15, 0.2) is 12.4 Å². The highest BCUT2D eigenvalue weighted by Gasteiger charge is 1.93. The highest BCUT2D eigenvalue weighted by atomic mass is 127. The summed E-state index contributed by atoms with van der Waals surface area (Å²) in [6, 6.07) is 0. The molecule has 1 aromatic rings. The number of aryl methyl sites for hydroxylation is 2. The minimum Gasteiger partial charge on any atom is -1.00 e. The van der Waals surface area contributed by atoms with Gasteiger partial charge in [0.2, 0.25) is 0 Å². The largest absolute Gasteiger partial charge is 1.00 e. The number of rotatable bonds is 1. The Labute approximate surface area is 78.3 Å². The van der Waals surface area contributed by atoms with Crippen molar-refractivity contribution in [2.24, 2.45) is 7.05 Å². The molecule has 1 heterocycles. The van der Waals surface area contributed by atoms with E-state index >= 15 is 0 Å². The topological polar surface area (TPSA) is 16.8 Å². The first-order valence-electron chi connectivity index (χ1n) is 3.13. The summed E-state index contributed by atoms with van der Waals surface area (Å²) in [6.45, 7) is 2.10. The van der Waals surface area contributed by atoms with E-state index in [1.165, 1.54) is 0 Å². The number of halogens is 1. The molecule has 3 heteroatoms. The molecule has 0 fully saturated rings. The van der Waals surface area contributed by atoms with Crippen molar-refractivity contribution < 1.29 is 28.5 Å². The first-order chi connectivity index (χ1) is 4.33. The summed E-state index contributed by atoms with van der Waals surface area (Å²) in [5.41, 5.74) is 1.14. The van der Waals surface area contributed by atoms with E-state index in [1.807, 2.05) is 30.2 Å². The van der Waals surface area contributed by atoms with E-state index in [-0.39, 0.29) is 24.0 Å². The van der Waals surface area contributed by atoms with E-state index in [4.69, 9.17) is 0 Å². The number of nitrogens with zero attached hydrogens (tertiary/aromatic N) is 2. The van der Waals surface area contributed by atoms with Gasteiger partial charge in [0.25, 0.3) is 0 Å². The second-order valence-electron chi connectivity index (χ2n) is 2.07. The minimum atomic E-state index is 0. The molecule has 0 aliphatic carbocycles. The highest BCUT2D eigenvalue weighted by Crippen LogP contribution is 1.86. The van der Waals surface area contributed by atoms with E-state index in [2.05, 4.69) is 11.9 Å². The van der Waals surface area contributed by atoms with E-state index in [0.717, 1.165) is 12.1 Å². The molecule has 0 bridgehead atoms. The summed E-state index contributed by atoms with van der Waals surface area (Å²) in [4.78, 5) is 4.14. The third kappa shape index (κ3) is 2.60. The van der Waals surface area contributed by atoms with Crippen LogP contribution >= 0.6 is 0 Å². The fraction of sp³-hybridized carbons (Fsp3) is 0.429. The summed E-state index contributed by atoms with van der Waals surface area (Å²) in [5, 5.41) is 0. The van der Waals surface area contributed by atoms with Crippen LogP contribution in [0.2, 0.25) is 0 Å². The molecule has 0 N–H and O–H groups in total. The molecule has 0 aromatic carbocycles. The first kappa shape index (κ1) is 9.81. The van der Waals surface area contributed by atoms with Gasteiger partial charge >= 0.3 is 0 Å². The molecule has 0 amide bonds. The fourth-order valence-corrected chi connectivity index (χ4v) is 0.728. The van der Waals surface area contributed by atoms with E-state index in [9.17, 15) is 0 Å². The third-order valence-electron chi connectivity index (χ3n) is 1.26. The van der Waals surface area contributed by atoms with Crippen molar-refractivity contribution in [2.45, 2.75) is 13.3 Å². The van der Waals surface area contributed by atoms with Gasteiger partial charge in [-0.3, -0.25) is 0 Å². The quantitative estimate of drug-likeness (QED) is 0.397. The lowest BCUT2D eigenvalue weighted by Gasteiger charge is -1.89. The van der Waals surface area contributed by atoms with Crippen molar-refractivity contribution >= 4 is 0 Å². The molecule has 10 heavy (non-hydrogen) atoms. The van der Waals surface area contributed by atoms with Gasteiger partial charge in [-0.1, -0.05) is 6.92 Å². The molecule has 0 aliphatic rings. The molecule has 0 unspecified atom stereocenters. The predicted octanol–water partition coefficient (Wildman–Crippen LogP) is -2.53. The van der Waals surface area contributed by atoms with Gasteiger partial charge in [-0.2, -0.15) is 0 Å². The van der Waals surface area contributed by atoms with Crippen molar-refractivity contribution in [3.63, 3.8) is 0 Å². The van der Waals surface area contributed by atoms with Crippen LogP contribution in [0.5, 0.6) is 0 Å². The lowest BCUT2D eigenvalue weighted by Crippen LogP contribution is -3.00. The zero-order valence-electron chi connectivity index (χ0n) is 6.21. The maximum Gasteiger partial charge on any atom is 0.190 e. The van der Waals surface area contributed by atoms with Crippen LogP contribution in [0.1, 0.15) is 12.6 Å². The van der Waals surface area contributed by atoms with Crippen LogP contribution in [-0.2, 0) is 13.5 Å². The van der Waals surface area contributed by atoms with Crippen molar-refractivity contribution in [3.8, 4) is 0 Å². The highest BCUT2D eigenvalue weighted by molar-refractivity contribution is 4.88. The average molecular weight is 250 g/mol. The predicted molar refractivity (Wildman–Crippen MR) is 34.8 cm³/mol. The fourth-order valence-electron chi connectivity index (χ4n) is 0.728. The van der Waals surface area contributed by atoms with Crippen molar-refractivity contribution in [1.82, 2.24) is 4.98 Å². The lowest BCUT2D eigenvalue weighted by molar-refractivity contribution is -0.672. The molecule has 0 radical (unpaired) electrons. The van der Waals surface area contributed by atoms with Gasteiger partial charge in [0.05, 0.1) is 6.20 Å². The summed E-state index contributed by atoms with van der Waals surface area (Å²) < 4.78 is 2.01. The van der Waals surface area contributed by atoms with Crippen molar-refractivity contribution in [3.05, 3.63) is 24.3 Å². The Bertz CT molecular complexity index is 201. The minimum absolute atomic E-state index is 0. The second kappa shape index (κ2) is 4.60. The van der Waals surface area contributed by atoms with Crippen LogP contribution < -0.4 is 28.5 Å². The molecule has 0 saturated carbocycles. The SMILES string of the molecule is CCc1c[n+](C)ccn1.[I-]. The number of hydrogen-bond acceptors (Lipinski definition) is 1. The molecule has 0 saturated heterocycles. The maximum absolute atomic E-state index is 4.14. The van der Waals surface area contributed by atoms with E-state index in [1.54, 1.807) is 0 Å². The van der Waals surface area contributed by atoms with Crippen LogP contribution in [0.4, 0.5) is 0 Å². The summed E-state index contributed by atoms with van der Waals surface area (Å²) in [6.07, 6.45) is 6.78. The molecule has 0 aliphatic heterocycles. The van der Waals surface area contributed by atoms with Gasteiger partial charge < -0.3 is 24.0 Å². The molecule has 2 nitrogen and oxygen atoms in total. The second-order valence-corrected chi connectivity index (χ2v) is 2.07. The molecule has 0 spiro atoms. The van der Waals surface area contributed by atoms with Crippen LogP contribution in [0.15, 0.2) is 18.6 Å². The summed E-state index contributed by atoms with van der Waals surface area (Å²) in [5.74, 6) is 0. The average Bonchev–Trinajstić information content (AvgIpc) is 1.88. The Morgan fingerprint density at radius 1 is 1.60 bits per heavy atom. The normalized spacial score (nSPS) is 8.60. The zero-order valence-corrected chi connectivity index (χ0v) is 8.37. The van der Waals surface area contributed by atoms with Crippen LogP contribution in [-0.4, -0.2) is 4.98 Å². The Kier molecular flexibility index (Phi) is 4.51. The molecule has 1 aromatic heterocycles. The Morgan fingerprint density at radius 3 is 2.70 bits per heavy atom. The third-order valence-corrected chi connectivity index (χ3v) is 1.26. The number of aromatic nitrogens is 2. The van der Waals surface area contributed by atoms with Gasteiger partial charge in [-0.25, -0.2) is 9.55 Å². The van der Waals surface area contributed by atoms with Gasteiger partial charge in [-0.05, 0) is 6.42 Å². The van der Waals surface area contributed by atoms with Crippen molar-refractivity contribution in [2.75, 3.05) is 0 Å². The van der Waals surface area contributed by atoms with Crippen LogP contribution in [0.3, 0.4) is 0 Å². The molecular formula is C7H11IN2. The molecule has 0 atom stereocenters. The Morgan fingerprint density at radius 2 is 2.30 bits per heavy atom. The molecular weight excluding hydrogens is 239 g/mol.